The van der Waals surface area contributed by atoms with Crippen LogP contribution < -0.4 is 0 Å². The molecule has 1 rings (SSSR count). The average Bonchev–Trinajstić information content (AvgIpc) is 2.09. The third kappa shape index (κ3) is 2.80. The Kier molecular flexibility index (Phi) is 4.05. The molecule has 1 nitrogen and oxygen atoms in total. The summed E-state index contributed by atoms with van der Waals surface area (Å²) in [5, 5.41) is 0. The van der Waals surface area contributed by atoms with E-state index in [-0.39, 0.29) is 11.9 Å². The van der Waals surface area contributed by atoms with Gasteiger partial charge in [0.05, 0.1) is 6.61 Å². The highest BCUT2D eigenvalue weighted by atomic mass is 35.5. The maximum Gasteiger partial charge on any atom is 0.126 e. The molecule has 0 atom stereocenters. The summed E-state index contributed by atoms with van der Waals surface area (Å²) >= 11 is 5.29. The van der Waals surface area contributed by atoms with Crippen LogP contribution in [-0.4, -0.2) is 12.7 Å². The van der Waals surface area contributed by atoms with Crippen LogP contribution in [-0.2, 0) is 11.2 Å². The van der Waals surface area contributed by atoms with E-state index in [0.717, 1.165) is 0 Å². The Bertz CT molecular complexity index is 240. The van der Waals surface area contributed by atoms with Gasteiger partial charge in [0.25, 0.3) is 0 Å². The Morgan fingerprint density at radius 2 is 2.08 bits per heavy atom. The summed E-state index contributed by atoms with van der Waals surface area (Å²) in [5.74, 6) is -0.185. The minimum atomic E-state index is -0.185. The van der Waals surface area contributed by atoms with E-state index < -0.39 is 0 Å². The van der Waals surface area contributed by atoms with Crippen molar-refractivity contribution in [3.8, 4) is 0 Å². The normalized spacial score (nSPS) is 10.2. The molecule has 0 unspecified atom stereocenters. The fourth-order valence-electron chi connectivity index (χ4n) is 0.938. The van der Waals surface area contributed by atoms with Gasteiger partial charge in [-0.15, -0.1) is 0 Å². The lowest BCUT2D eigenvalue weighted by molar-refractivity contribution is 0.182. The Hall–Kier alpha value is -0.600. The van der Waals surface area contributed by atoms with E-state index >= 15 is 0 Å². The van der Waals surface area contributed by atoms with Gasteiger partial charge < -0.3 is 4.74 Å². The van der Waals surface area contributed by atoms with Crippen LogP contribution in [0.15, 0.2) is 24.3 Å². The molecule has 0 saturated heterocycles. The minimum absolute atomic E-state index is 0.161. The van der Waals surface area contributed by atoms with Crippen molar-refractivity contribution in [2.24, 2.45) is 0 Å². The number of ether oxygens (including phenoxy) is 1. The fraction of sp³-hybridized carbons (Fsp3) is 0.333. The van der Waals surface area contributed by atoms with E-state index in [1.807, 2.05) is 0 Å². The quantitative estimate of drug-likeness (QED) is 0.521. The molecule has 1 aromatic carbocycles. The van der Waals surface area contributed by atoms with E-state index in [0.29, 0.717) is 18.6 Å². The van der Waals surface area contributed by atoms with Gasteiger partial charge in [0.1, 0.15) is 11.9 Å². The molecular weight excluding hydrogens is 179 g/mol. The summed E-state index contributed by atoms with van der Waals surface area (Å²) < 4.78 is 17.8. The van der Waals surface area contributed by atoms with Crippen LogP contribution >= 0.6 is 11.6 Å². The molecule has 0 aliphatic rings. The fourth-order valence-corrected chi connectivity index (χ4v) is 1.05. The van der Waals surface area contributed by atoms with E-state index in [2.05, 4.69) is 0 Å². The molecule has 12 heavy (non-hydrogen) atoms. The van der Waals surface area contributed by atoms with Crippen LogP contribution in [0, 0.1) is 5.82 Å². The molecule has 0 N–H and O–H groups in total. The largest absolute Gasteiger partial charge is 0.365 e. The molecule has 0 fully saturated rings. The Morgan fingerprint density at radius 3 is 2.75 bits per heavy atom. The molecule has 0 aliphatic carbocycles. The van der Waals surface area contributed by atoms with Crippen LogP contribution in [0.3, 0.4) is 0 Å². The van der Waals surface area contributed by atoms with Crippen LogP contribution in [0.25, 0.3) is 0 Å². The summed E-state index contributed by atoms with van der Waals surface area (Å²) in [4.78, 5) is 0. The maximum atomic E-state index is 12.9. The minimum Gasteiger partial charge on any atom is -0.365 e. The van der Waals surface area contributed by atoms with Gasteiger partial charge in [-0.3, -0.25) is 0 Å². The van der Waals surface area contributed by atoms with Gasteiger partial charge in [-0.05, 0) is 18.1 Å². The van der Waals surface area contributed by atoms with E-state index in [4.69, 9.17) is 16.3 Å². The Balaban J connectivity index is 2.46. The second-order valence-electron chi connectivity index (χ2n) is 2.36. The molecule has 3 heteroatoms. The number of halogens is 2. The van der Waals surface area contributed by atoms with Crippen molar-refractivity contribution < 1.29 is 9.13 Å². The first-order valence-electron chi connectivity index (χ1n) is 3.71. The Morgan fingerprint density at radius 1 is 1.33 bits per heavy atom. The van der Waals surface area contributed by atoms with Crippen molar-refractivity contribution in [1.29, 1.82) is 0 Å². The third-order valence-electron chi connectivity index (χ3n) is 1.55. The SMILES string of the molecule is Fc1ccccc1CCOCCl. The molecule has 1 aromatic rings. The van der Waals surface area contributed by atoms with Crippen molar-refractivity contribution in [1.82, 2.24) is 0 Å². The molecule has 0 spiro atoms. The second-order valence-corrected chi connectivity index (χ2v) is 2.58. The smallest absolute Gasteiger partial charge is 0.126 e. The average molecular weight is 189 g/mol. The van der Waals surface area contributed by atoms with Gasteiger partial charge in [0, 0.05) is 0 Å². The topological polar surface area (TPSA) is 9.23 Å². The standard InChI is InChI=1S/C9H10ClFO/c10-7-12-6-5-8-3-1-2-4-9(8)11/h1-4H,5-7H2. The van der Waals surface area contributed by atoms with E-state index in [1.54, 1.807) is 18.2 Å². The number of hydrogen-bond acceptors (Lipinski definition) is 1. The van der Waals surface area contributed by atoms with Crippen LogP contribution in [0.5, 0.6) is 0 Å². The summed E-state index contributed by atoms with van der Waals surface area (Å²) in [7, 11) is 0. The predicted octanol–water partition coefficient (Wildman–Crippen LogP) is 2.58. The lowest BCUT2D eigenvalue weighted by Gasteiger charge is -2.01. The zero-order valence-corrected chi connectivity index (χ0v) is 7.35. The zero-order chi connectivity index (χ0) is 8.81. The first-order chi connectivity index (χ1) is 5.84. The zero-order valence-electron chi connectivity index (χ0n) is 6.59. The number of alkyl halides is 1. The van der Waals surface area contributed by atoms with Gasteiger partial charge in [0.2, 0.25) is 0 Å². The summed E-state index contributed by atoms with van der Waals surface area (Å²) in [6.07, 6.45) is 0.569. The molecule has 0 bridgehead atoms. The molecule has 0 aliphatic heterocycles. The number of benzene rings is 1. The van der Waals surface area contributed by atoms with Gasteiger partial charge in [-0.1, -0.05) is 29.8 Å². The molecule has 0 aromatic heterocycles. The predicted molar refractivity (Wildman–Crippen MR) is 46.8 cm³/mol. The van der Waals surface area contributed by atoms with E-state index in [1.165, 1.54) is 6.07 Å². The van der Waals surface area contributed by atoms with Crippen LogP contribution in [0.4, 0.5) is 4.39 Å². The van der Waals surface area contributed by atoms with Crippen LogP contribution in [0.1, 0.15) is 5.56 Å². The van der Waals surface area contributed by atoms with Crippen molar-refractivity contribution in [3.05, 3.63) is 35.6 Å². The first kappa shape index (κ1) is 9.49. The van der Waals surface area contributed by atoms with Gasteiger partial charge in [-0.2, -0.15) is 0 Å². The van der Waals surface area contributed by atoms with Crippen LogP contribution in [0.2, 0.25) is 0 Å². The molecule has 0 saturated carbocycles. The summed E-state index contributed by atoms with van der Waals surface area (Å²) in [6, 6.07) is 6.82. The maximum absolute atomic E-state index is 12.9. The van der Waals surface area contributed by atoms with Crippen molar-refractivity contribution >= 4 is 11.6 Å². The van der Waals surface area contributed by atoms with Gasteiger partial charge >= 0.3 is 0 Å². The van der Waals surface area contributed by atoms with Crippen molar-refractivity contribution in [3.63, 3.8) is 0 Å². The molecule has 0 radical (unpaired) electrons. The highest BCUT2D eigenvalue weighted by molar-refractivity contribution is 6.17. The van der Waals surface area contributed by atoms with Crippen molar-refractivity contribution in [2.75, 3.05) is 12.7 Å². The molecule has 66 valence electrons. The Labute approximate surface area is 76.1 Å². The van der Waals surface area contributed by atoms with E-state index in [9.17, 15) is 4.39 Å². The second kappa shape index (κ2) is 5.12. The summed E-state index contributed by atoms with van der Waals surface area (Å²) in [6.45, 7) is 0.463. The molecule has 0 amide bonds. The van der Waals surface area contributed by atoms with Crippen molar-refractivity contribution in [2.45, 2.75) is 6.42 Å². The lowest BCUT2D eigenvalue weighted by Crippen LogP contribution is -1.98. The van der Waals surface area contributed by atoms with Gasteiger partial charge in [-0.25, -0.2) is 4.39 Å². The molecule has 0 heterocycles. The number of hydrogen-bond donors (Lipinski definition) is 0. The lowest BCUT2D eigenvalue weighted by atomic mass is 10.1. The van der Waals surface area contributed by atoms with Gasteiger partial charge in [0.15, 0.2) is 0 Å². The highest BCUT2D eigenvalue weighted by Crippen LogP contribution is 2.06. The monoisotopic (exact) mass is 188 g/mol. The first-order valence-corrected chi connectivity index (χ1v) is 4.25. The highest BCUT2D eigenvalue weighted by Gasteiger charge is 1.98. The summed E-state index contributed by atoms with van der Waals surface area (Å²) in [5.41, 5.74) is 0.669. The number of rotatable bonds is 4. The third-order valence-corrected chi connectivity index (χ3v) is 1.71. The molecular formula is C9H10ClFO.